The van der Waals surface area contributed by atoms with Gasteiger partial charge in [0.15, 0.2) is 0 Å². The van der Waals surface area contributed by atoms with E-state index in [1.807, 2.05) is 30.6 Å². The van der Waals surface area contributed by atoms with Crippen molar-refractivity contribution in [3.8, 4) is 0 Å². The van der Waals surface area contributed by atoms with Gasteiger partial charge < -0.3 is 14.3 Å². The monoisotopic (exact) mass is 255 g/mol. The zero-order chi connectivity index (χ0) is 13.2. The molecule has 96 valence electrons. The van der Waals surface area contributed by atoms with Crippen molar-refractivity contribution in [2.75, 3.05) is 7.11 Å². The maximum absolute atomic E-state index is 11.6. The van der Waals surface area contributed by atoms with Crippen LogP contribution >= 0.6 is 0 Å². The third kappa shape index (κ3) is 2.10. The van der Waals surface area contributed by atoms with Crippen molar-refractivity contribution in [2.45, 2.75) is 6.54 Å². The number of aromatic nitrogens is 3. The van der Waals surface area contributed by atoms with Crippen LogP contribution in [-0.2, 0) is 11.3 Å². The van der Waals surface area contributed by atoms with Gasteiger partial charge in [-0.05, 0) is 23.6 Å². The molecule has 2 aromatic heterocycles. The third-order valence-corrected chi connectivity index (χ3v) is 3.08. The molecule has 2 heterocycles. The van der Waals surface area contributed by atoms with Crippen molar-refractivity contribution in [2.24, 2.45) is 0 Å². The van der Waals surface area contributed by atoms with E-state index in [9.17, 15) is 4.79 Å². The van der Waals surface area contributed by atoms with Crippen LogP contribution in [-0.4, -0.2) is 27.6 Å². The molecular formula is C14H13N3O2. The van der Waals surface area contributed by atoms with Gasteiger partial charge in [0.1, 0.15) is 0 Å². The Balaban J connectivity index is 2.03. The second-order valence-corrected chi connectivity index (χ2v) is 4.27. The molecule has 0 saturated carbocycles. The van der Waals surface area contributed by atoms with Gasteiger partial charge in [0.25, 0.3) is 0 Å². The highest BCUT2D eigenvalue weighted by Crippen LogP contribution is 2.19. The summed E-state index contributed by atoms with van der Waals surface area (Å²) in [7, 11) is 1.38. The minimum absolute atomic E-state index is 0.325. The molecule has 3 rings (SSSR count). The molecule has 1 aromatic carbocycles. The van der Waals surface area contributed by atoms with Crippen molar-refractivity contribution < 1.29 is 9.53 Å². The SMILES string of the molecule is COC(=O)c1ccc2ccn(Cc3c[nH]cn3)c2c1. The molecule has 19 heavy (non-hydrogen) atoms. The molecule has 5 nitrogen and oxygen atoms in total. The fourth-order valence-electron chi connectivity index (χ4n) is 2.12. The van der Waals surface area contributed by atoms with Gasteiger partial charge in [-0.2, -0.15) is 0 Å². The number of fused-ring (bicyclic) bond motifs is 1. The molecule has 1 N–H and O–H groups in total. The minimum Gasteiger partial charge on any atom is -0.465 e. The molecule has 0 radical (unpaired) electrons. The number of H-pyrrole nitrogens is 1. The van der Waals surface area contributed by atoms with Gasteiger partial charge in [-0.1, -0.05) is 6.07 Å². The first-order chi connectivity index (χ1) is 9.28. The molecule has 0 aliphatic carbocycles. The summed E-state index contributed by atoms with van der Waals surface area (Å²) in [5, 5.41) is 1.09. The summed E-state index contributed by atoms with van der Waals surface area (Å²) < 4.78 is 6.80. The predicted octanol–water partition coefficient (Wildman–Crippen LogP) is 2.20. The number of carbonyl (C=O) groups excluding carboxylic acids is 1. The Kier molecular flexibility index (Phi) is 2.79. The first kappa shape index (κ1) is 11.5. The Hall–Kier alpha value is -2.56. The standard InChI is InChI=1S/C14H13N3O2/c1-19-14(18)11-3-2-10-4-5-17(13(10)6-11)8-12-7-15-9-16-12/h2-7,9H,8H2,1H3,(H,15,16). The number of imidazole rings is 1. The van der Waals surface area contributed by atoms with E-state index < -0.39 is 0 Å². The smallest absolute Gasteiger partial charge is 0.337 e. The lowest BCUT2D eigenvalue weighted by molar-refractivity contribution is 0.0601. The van der Waals surface area contributed by atoms with Crippen molar-refractivity contribution in [3.63, 3.8) is 0 Å². The lowest BCUT2D eigenvalue weighted by Gasteiger charge is -2.04. The summed E-state index contributed by atoms with van der Waals surface area (Å²) in [5.41, 5.74) is 2.49. The van der Waals surface area contributed by atoms with Crippen LogP contribution in [0.5, 0.6) is 0 Å². The highest BCUT2D eigenvalue weighted by Gasteiger charge is 2.09. The van der Waals surface area contributed by atoms with Gasteiger partial charge in [-0.25, -0.2) is 9.78 Å². The van der Waals surface area contributed by atoms with E-state index in [1.54, 1.807) is 12.4 Å². The number of rotatable bonds is 3. The molecule has 0 aliphatic rings. The normalized spacial score (nSPS) is 10.8. The Morgan fingerprint density at radius 1 is 1.42 bits per heavy atom. The molecule has 5 heteroatoms. The van der Waals surface area contributed by atoms with Crippen molar-refractivity contribution in [1.29, 1.82) is 0 Å². The second-order valence-electron chi connectivity index (χ2n) is 4.27. The largest absolute Gasteiger partial charge is 0.465 e. The predicted molar refractivity (Wildman–Crippen MR) is 71.0 cm³/mol. The van der Waals surface area contributed by atoms with Gasteiger partial charge in [-0.15, -0.1) is 0 Å². The van der Waals surface area contributed by atoms with Gasteiger partial charge in [-0.3, -0.25) is 0 Å². The molecule has 0 atom stereocenters. The van der Waals surface area contributed by atoms with Crippen LogP contribution in [0.15, 0.2) is 43.0 Å². The fourth-order valence-corrected chi connectivity index (χ4v) is 2.12. The molecule has 0 aliphatic heterocycles. The first-order valence-electron chi connectivity index (χ1n) is 5.93. The maximum Gasteiger partial charge on any atom is 0.337 e. The topological polar surface area (TPSA) is 59.9 Å². The molecule has 3 aromatic rings. The summed E-state index contributed by atoms with van der Waals surface area (Å²) >= 11 is 0. The molecule has 0 amide bonds. The lowest BCUT2D eigenvalue weighted by atomic mass is 10.1. The van der Waals surface area contributed by atoms with Gasteiger partial charge in [0.05, 0.1) is 31.2 Å². The van der Waals surface area contributed by atoms with E-state index >= 15 is 0 Å². The van der Waals surface area contributed by atoms with E-state index in [4.69, 9.17) is 4.74 Å². The molecule has 0 spiro atoms. The quantitative estimate of drug-likeness (QED) is 0.730. The number of hydrogen-bond acceptors (Lipinski definition) is 3. The number of carbonyl (C=O) groups is 1. The number of methoxy groups -OCH3 is 1. The van der Waals surface area contributed by atoms with E-state index in [-0.39, 0.29) is 5.97 Å². The van der Waals surface area contributed by atoms with E-state index in [2.05, 4.69) is 14.5 Å². The van der Waals surface area contributed by atoms with Gasteiger partial charge in [0, 0.05) is 17.9 Å². The molecule has 0 fully saturated rings. The van der Waals surface area contributed by atoms with Crippen molar-refractivity contribution in [3.05, 3.63) is 54.2 Å². The Morgan fingerprint density at radius 2 is 2.32 bits per heavy atom. The number of aromatic amines is 1. The maximum atomic E-state index is 11.6. The average molecular weight is 255 g/mol. The highest BCUT2D eigenvalue weighted by molar-refractivity contribution is 5.94. The van der Waals surface area contributed by atoms with Crippen LogP contribution in [0.3, 0.4) is 0 Å². The van der Waals surface area contributed by atoms with Crippen LogP contribution in [0.2, 0.25) is 0 Å². The van der Waals surface area contributed by atoms with Crippen LogP contribution in [0.1, 0.15) is 16.1 Å². The zero-order valence-electron chi connectivity index (χ0n) is 10.5. The third-order valence-electron chi connectivity index (χ3n) is 3.08. The zero-order valence-corrected chi connectivity index (χ0v) is 10.5. The fraction of sp³-hybridized carbons (Fsp3) is 0.143. The van der Waals surface area contributed by atoms with Crippen LogP contribution in [0.4, 0.5) is 0 Å². The average Bonchev–Trinajstić information content (AvgIpc) is 3.08. The van der Waals surface area contributed by atoms with E-state index in [1.165, 1.54) is 7.11 Å². The lowest BCUT2D eigenvalue weighted by Crippen LogP contribution is -2.02. The highest BCUT2D eigenvalue weighted by atomic mass is 16.5. The van der Waals surface area contributed by atoms with E-state index in [0.29, 0.717) is 12.1 Å². The number of nitrogens with zero attached hydrogens (tertiary/aromatic N) is 2. The Bertz CT molecular complexity index is 713. The van der Waals surface area contributed by atoms with Crippen LogP contribution < -0.4 is 0 Å². The molecular weight excluding hydrogens is 242 g/mol. The summed E-state index contributed by atoms with van der Waals surface area (Å²) in [6.07, 6.45) is 5.50. The minimum atomic E-state index is -0.325. The molecule has 0 unspecified atom stereocenters. The van der Waals surface area contributed by atoms with Gasteiger partial charge in [0.2, 0.25) is 0 Å². The number of ether oxygens (including phenoxy) is 1. The molecule has 0 saturated heterocycles. The second kappa shape index (κ2) is 4.61. The summed E-state index contributed by atoms with van der Waals surface area (Å²) in [6.45, 7) is 0.664. The summed E-state index contributed by atoms with van der Waals surface area (Å²) in [5.74, 6) is -0.325. The Morgan fingerprint density at radius 3 is 3.05 bits per heavy atom. The van der Waals surface area contributed by atoms with Crippen molar-refractivity contribution in [1.82, 2.24) is 14.5 Å². The van der Waals surface area contributed by atoms with Gasteiger partial charge >= 0.3 is 5.97 Å². The first-order valence-corrected chi connectivity index (χ1v) is 5.93. The number of esters is 1. The number of hydrogen-bond donors (Lipinski definition) is 1. The number of nitrogens with one attached hydrogen (secondary N) is 1. The summed E-state index contributed by atoms with van der Waals surface area (Å²) in [6, 6.07) is 7.55. The molecule has 0 bridgehead atoms. The Labute approximate surface area is 109 Å². The van der Waals surface area contributed by atoms with Crippen LogP contribution in [0.25, 0.3) is 10.9 Å². The van der Waals surface area contributed by atoms with Crippen molar-refractivity contribution >= 4 is 16.9 Å². The van der Waals surface area contributed by atoms with E-state index in [0.717, 1.165) is 16.6 Å². The number of benzene rings is 1. The summed E-state index contributed by atoms with van der Waals surface area (Å²) in [4.78, 5) is 18.7. The van der Waals surface area contributed by atoms with Crippen LogP contribution in [0, 0.1) is 0 Å².